The van der Waals surface area contributed by atoms with Gasteiger partial charge in [-0.25, -0.2) is 0 Å². The molecule has 1 aliphatic heterocycles. The second kappa shape index (κ2) is 10.6. The zero-order chi connectivity index (χ0) is 24.1. The molecule has 1 fully saturated rings. The van der Waals surface area contributed by atoms with Gasteiger partial charge in [0.2, 0.25) is 5.91 Å². The lowest BCUT2D eigenvalue weighted by atomic mass is 10.1. The maximum Gasteiger partial charge on any atom is 0.311 e. The van der Waals surface area contributed by atoms with E-state index in [2.05, 4.69) is 5.32 Å². The average Bonchev–Trinajstić information content (AvgIpc) is 3.22. The van der Waals surface area contributed by atoms with Crippen LogP contribution in [0, 0.1) is 5.92 Å². The number of halogens is 2. The first kappa shape index (κ1) is 23.6. The highest BCUT2D eigenvalue weighted by Gasteiger charge is 2.37. The van der Waals surface area contributed by atoms with Crippen molar-refractivity contribution in [3.05, 3.63) is 82.8 Å². The summed E-state index contributed by atoms with van der Waals surface area (Å²) in [6.45, 7) is -0.369. The van der Waals surface area contributed by atoms with E-state index in [1.165, 1.54) is 4.90 Å². The van der Waals surface area contributed by atoms with Crippen LogP contribution in [0.5, 0.6) is 11.5 Å². The van der Waals surface area contributed by atoms with Crippen molar-refractivity contribution >= 4 is 52.4 Å². The Morgan fingerprint density at radius 2 is 1.68 bits per heavy atom. The highest BCUT2D eigenvalue weighted by molar-refractivity contribution is 6.35. The lowest BCUT2D eigenvalue weighted by Gasteiger charge is -2.18. The van der Waals surface area contributed by atoms with Crippen LogP contribution in [0.15, 0.2) is 72.8 Å². The van der Waals surface area contributed by atoms with E-state index in [9.17, 15) is 14.4 Å². The lowest BCUT2D eigenvalue weighted by Crippen LogP contribution is -2.28. The molecule has 0 saturated carbocycles. The van der Waals surface area contributed by atoms with E-state index in [4.69, 9.17) is 32.7 Å². The van der Waals surface area contributed by atoms with E-state index < -0.39 is 24.4 Å². The summed E-state index contributed by atoms with van der Waals surface area (Å²) in [4.78, 5) is 38.5. The van der Waals surface area contributed by atoms with Crippen molar-refractivity contribution in [1.29, 1.82) is 0 Å². The molecule has 1 aliphatic rings. The number of carbonyl (C=O) groups excluding carboxylic acids is 3. The van der Waals surface area contributed by atoms with Crippen LogP contribution < -0.4 is 15.0 Å². The van der Waals surface area contributed by atoms with Crippen molar-refractivity contribution in [3.8, 4) is 11.5 Å². The molecule has 2 amide bonds. The molecule has 1 saturated heterocycles. The quantitative estimate of drug-likeness (QED) is 0.445. The predicted octanol–water partition coefficient (Wildman–Crippen LogP) is 5.32. The molecular weight excluding hydrogens is 479 g/mol. The molecule has 0 radical (unpaired) electrons. The summed E-state index contributed by atoms with van der Waals surface area (Å²) < 4.78 is 10.8. The number of amides is 2. The molecule has 4 rings (SSSR count). The second-order valence-electron chi connectivity index (χ2n) is 7.60. The Morgan fingerprint density at radius 3 is 2.41 bits per heavy atom. The Labute approximate surface area is 206 Å². The van der Waals surface area contributed by atoms with Crippen molar-refractivity contribution < 1.29 is 23.9 Å². The third-order valence-corrected chi connectivity index (χ3v) is 5.67. The Balaban J connectivity index is 1.26. The number of rotatable bonds is 7. The summed E-state index contributed by atoms with van der Waals surface area (Å²) >= 11 is 12.2. The van der Waals surface area contributed by atoms with E-state index >= 15 is 0 Å². The molecule has 0 aliphatic carbocycles. The summed E-state index contributed by atoms with van der Waals surface area (Å²) in [5, 5.41) is 3.43. The minimum absolute atomic E-state index is 0.0355. The first-order chi connectivity index (χ1) is 16.4. The highest BCUT2D eigenvalue weighted by Crippen LogP contribution is 2.33. The average molecular weight is 499 g/mol. The van der Waals surface area contributed by atoms with Gasteiger partial charge in [0.25, 0.3) is 5.91 Å². The third-order valence-electron chi connectivity index (χ3n) is 5.12. The summed E-state index contributed by atoms with van der Waals surface area (Å²) in [7, 11) is 0. The molecule has 0 bridgehead atoms. The van der Waals surface area contributed by atoms with Gasteiger partial charge in [-0.15, -0.1) is 0 Å². The summed E-state index contributed by atoms with van der Waals surface area (Å²) in [6.07, 6.45) is -0.0355. The van der Waals surface area contributed by atoms with Crippen LogP contribution >= 0.6 is 23.2 Å². The van der Waals surface area contributed by atoms with Gasteiger partial charge >= 0.3 is 5.97 Å². The van der Waals surface area contributed by atoms with Crippen molar-refractivity contribution in [3.63, 3.8) is 0 Å². The van der Waals surface area contributed by atoms with Crippen LogP contribution in [0.1, 0.15) is 6.42 Å². The Bertz CT molecular complexity index is 1200. The maximum absolute atomic E-state index is 12.4. The molecule has 3 aromatic carbocycles. The van der Waals surface area contributed by atoms with Crippen molar-refractivity contribution in [2.75, 3.05) is 23.4 Å². The van der Waals surface area contributed by atoms with Gasteiger partial charge in [0.1, 0.15) is 11.5 Å². The van der Waals surface area contributed by atoms with E-state index in [0.29, 0.717) is 32.9 Å². The van der Waals surface area contributed by atoms with Crippen LogP contribution in [-0.4, -0.2) is 30.9 Å². The second-order valence-corrected chi connectivity index (χ2v) is 8.44. The topological polar surface area (TPSA) is 84.9 Å². The molecule has 3 aromatic rings. The first-order valence-electron chi connectivity index (χ1n) is 10.4. The smallest absolute Gasteiger partial charge is 0.311 e. The minimum atomic E-state index is -0.704. The summed E-state index contributed by atoms with van der Waals surface area (Å²) in [5.41, 5.74) is 0.964. The molecule has 9 heteroatoms. The van der Waals surface area contributed by atoms with Gasteiger partial charge in [-0.1, -0.05) is 41.4 Å². The van der Waals surface area contributed by atoms with Crippen LogP contribution in [0.3, 0.4) is 0 Å². The van der Waals surface area contributed by atoms with Gasteiger partial charge in [-0.3, -0.25) is 14.4 Å². The van der Waals surface area contributed by atoms with E-state index in [1.54, 1.807) is 42.5 Å². The van der Waals surface area contributed by atoms with Gasteiger partial charge in [-0.05, 0) is 54.6 Å². The zero-order valence-electron chi connectivity index (χ0n) is 17.9. The molecule has 0 spiro atoms. The summed E-state index contributed by atoms with van der Waals surface area (Å²) in [5.74, 6) is -0.781. The Kier molecular flexibility index (Phi) is 7.35. The molecule has 1 atom stereocenters. The van der Waals surface area contributed by atoms with Crippen LogP contribution in [0.25, 0.3) is 0 Å². The highest BCUT2D eigenvalue weighted by atomic mass is 35.5. The fourth-order valence-corrected chi connectivity index (χ4v) is 3.86. The molecule has 174 valence electrons. The number of benzene rings is 3. The van der Waals surface area contributed by atoms with E-state index in [0.717, 1.165) is 0 Å². The van der Waals surface area contributed by atoms with Crippen molar-refractivity contribution in [2.24, 2.45) is 5.92 Å². The molecule has 1 N–H and O–H groups in total. The first-order valence-corrected chi connectivity index (χ1v) is 11.2. The standard InChI is InChI=1S/C25H20Cl2N2O5/c26-17-6-11-21(27)22(13-17)29-14-16(12-24(29)31)25(32)33-15-23(30)28-18-7-9-20(10-8-18)34-19-4-2-1-3-5-19/h1-11,13,16H,12,14-15H2,(H,28,30)/t16-/m0/s1. The number of anilines is 2. The molecule has 1 heterocycles. The maximum atomic E-state index is 12.4. The van der Waals surface area contributed by atoms with Gasteiger partial charge in [0.05, 0.1) is 16.6 Å². The molecule has 0 aromatic heterocycles. The fraction of sp³-hybridized carbons (Fsp3) is 0.160. The number of carbonyl (C=O) groups is 3. The number of hydrogen-bond acceptors (Lipinski definition) is 5. The molecule has 34 heavy (non-hydrogen) atoms. The zero-order valence-corrected chi connectivity index (χ0v) is 19.4. The van der Waals surface area contributed by atoms with Gasteiger partial charge in [-0.2, -0.15) is 0 Å². The molecule has 0 unspecified atom stereocenters. The Morgan fingerprint density at radius 1 is 0.971 bits per heavy atom. The SMILES string of the molecule is O=C(COC(=O)[C@H]1CC(=O)N(c2cc(Cl)ccc2Cl)C1)Nc1ccc(Oc2ccccc2)cc1. The van der Waals surface area contributed by atoms with Crippen LogP contribution in [0.2, 0.25) is 10.0 Å². The van der Waals surface area contributed by atoms with E-state index in [1.807, 2.05) is 30.3 Å². The lowest BCUT2D eigenvalue weighted by molar-refractivity contribution is -0.151. The number of para-hydroxylation sites is 1. The summed E-state index contributed by atoms with van der Waals surface area (Å²) in [6, 6.07) is 20.9. The number of nitrogens with zero attached hydrogens (tertiary/aromatic N) is 1. The van der Waals surface area contributed by atoms with Gasteiger partial charge < -0.3 is 19.7 Å². The number of hydrogen-bond donors (Lipinski definition) is 1. The normalized spacial score (nSPS) is 15.2. The van der Waals surface area contributed by atoms with E-state index in [-0.39, 0.29) is 18.9 Å². The minimum Gasteiger partial charge on any atom is -0.457 e. The van der Waals surface area contributed by atoms with Crippen molar-refractivity contribution in [2.45, 2.75) is 6.42 Å². The number of ether oxygens (including phenoxy) is 2. The third kappa shape index (κ3) is 5.87. The molecule has 7 nitrogen and oxygen atoms in total. The molecular formula is C25H20Cl2N2O5. The van der Waals surface area contributed by atoms with Gasteiger partial charge in [0.15, 0.2) is 6.61 Å². The fourth-order valence-electron chi connectivity index (χ4n) is 3.47. The van der Waals surface area contributed by atoms with Crippen molar-refractivity contribution in [1.82, 2.24) is 0 Å². The monoisotopic (exact) mass is 498 g/mol. The predicted molar refractivity (Wildman–Crippen MR) is 129 cm³/mol. The number of esters is 1. The largest absolute Gasteiger partial charge is 0.457 e. The van der Waals surface area contributed by atoms with Gasteiger partial charge in [0, 0.05) is 23.7 Å². The Hall–Kier alpha value is -3.55. The van der Waals surface area contributed by atoms with Crippen LogP contribution in [0.4, 0.5) is 11.4 Å². The van der Waals surface area contributed by atoms with Crippen LogP contribution in [-0.2, 0) is 19.1 Å². The number of nitrogens with one attached hydrogen (secondary N) is 1.